The van der Waals surface area contributed by atoms with Crippen LogP contribution in [0.15, 0.2) is 11.6 Å². The lowest BCUT2D eigenvalue weighted by Gasteiger charge is -2.04. The molecule has 0 bridgehead atoms. The number of hydrogen-bond acceptors (Lipinski definition) is 1. The highest BCUT2D eigenvalue weighted by atomic mass is 14.8. The maximum Gasteiger partial charge on any atom is -0.00116 e. The van der Waals surface area contributed by atoms with Crippen molar-refractivity contribution in [2.75, 3.05) is 13.1 Å². The van der Waals surface area contributed by atoms with Crippen molar-refractivity contribution in [2.45, 2.75) is 58.3 Å². The largest absolute Gasteiger partial charge is 0.316 e. The molecule has 0 amide bonds. The first-order valence-electron chi connectivity index (χ1n) is 6.32. The Balaban J connectivity index is 1.80. The summed E-state index contributed by atoms with van der Waals surface area (Å²) in [5.41, 5.74) is 1.69. The van der Waals surface area contributed by atoms with Gasteiger partial charge in [-0.2, -0.15) is 0 Å². The molecule has 0 aliphatic heterocycles. The molecule has 0 fully saturated rings. The van der Waals surface area contributed by atoms with Gasteiger partial charge in [-0.1, -0.05) is 37.8 Å². The van der Waals surface area contributed by atoms with Gasteiger partial charge >= 0.3 is 0 Å². The van der Waals surface area contributed by atoms with Gasteiger partial charge in [-0.05, 0) is 45.2 Å². The normalized spacial score (nSPS) is 15.9. The number of hydrogen-bond donors (Lipinski definition) is 1. The average molecular weight is 195 g/mol. The number of allylic oxidation sites excluding steroid dienone is 1. The van der Waals surface area contributed by atoms with Crippen molar-refractivity contribution in [3.63, 3.8) is 0 Å². The van der Waals surface area contributed by atoms with Crippen molar-refractivity contribution in [1.29, 1.82) is 0 Å². The van der Waals surface area contributed by atoms with Crippen molar-refractivity contribution in [3.8, 4) is 0 Å². The van der Waals surface area contributed by atoms with Gasteiger partial charge in [-0.3, -0.25) is 0 Å². The zero-order valence-corrected chi connectivity index (χ0v) is 9.65. The van der Waals surface area contributed by atoms with E-state index in [-0.39, 0.29) is 0 Å². The molecule has 14 heavy (non-hydrogen) atoms. The Bertz CT molecular complexity index is 161. The van der Waals surface area contributed by atoms with Gasteiger partial charge in [-0.15, -0.1) is 0 Å². The predicted octanol–water partition coefficient (Wildman–Crippen LogP) is 3.66. The Morgan fingerprint density at radius 3 is 2.86 bits per heavy atom. The summed E-state index contributed by atoms with van der Waals surface area (Å²) in [5.74, 6) is 0. The summed E-state index contributed by atoms with van der Waals surface area (Å²) in [6.45, 7) is 4.67. The Hall–Kier alpha value is -0.300. The lowest BCUT2D eigenvalue weighted by atomic mass is 10.1. The number of nitrogens with one attached hydrogen (secondary N) is 1. The smallest absolute Gasteiger partial charge is 0.00116 e. The summed E-state index contributed by atoms with van der Waals surface area (Å²) in [4.78, 5) is 0. The predicted molar refractivity (Wildman–Crippen MR) is 63.6 cm³/mol. The Kier molecular flexibility index (Phi) is 6.77. The molecule has 0 atom stereocenters. The first kappa shape index (κ1) is 11.8. The molecule has 0 saturated carbocycles. The van der Waals surface area contributed by atoms with Crippen molar-refractivity contribution in [3.05, 3.63) is 11.6 Å². The van der Waals surface area contributed by atoms with Crippen LogP contribution in [0.4, 0.5) is 0 Å². The zero-order valence-electron chi connectivity index (χ0n) is 9.65. The number of unbranched alkanes of at least 4 members (excludes halogenated alkanes) is 3. The third-order valence-electron chi connectivity index (χ3n) is 2.97. The van der Waals surface area contributed by atoms with E-state index in [1.807, 2.05) is 0 Å². The van der Waals surface area contributed by atoms with Gasteiger partial charge in [0.05, 0.1) is 0 Å². The molecule has 0 spiro atoms. The van der Waals surface area contributed by atoms with E-state index in [4.69, 9.17) is 0 Å². The van der Waals surface area contributed by atoms with E-state index in [0.717, 1.165) is 0 Å². The van der Waals surface area contributed by atoms with Crippen LogP contribution in [0.1, 0.15) is 58.3 Å². The third kappa shape index (κ3) is 5.43. The van der Waals surface area contributed by atoms with E-state index in [9.17, 15) is 0 Å². The first-order chi connectivity index (χ1) is 6.93. The second-order valence-corrected chi connectivity index (χ2v) is 4.32. The van der Waals surface area contributed by atoms with Gasteiger partial charge in [-0.25, -0.2) is 0 Å². The highest BCUT2D eigenvalue weighted by Gasteiger charge is 2.02. The van der Waals surface area contributed by atoms with Crippen LogP contribution in [-0.4, -0.2) is 13.1 Å². The molecule has 0 unspecified atom stereocenters. The lowest BCUT2D eigenvalue weighted by Crippen LogP contribution is -2.16. The summed E-state index contributed by atoms with van der Waals surface area (Å²) in [6, 6.07) is 0. The fourth-order valence-corrected chi connectivity index (χ4v) is 2.02. The van der Waals surface area contributed by atoms with Crippen molar-refractivity contribution in [1.82, 2.24) is 5.32 Å². The summed E-state index contributed by atoms with van der Waals surface area (Å²) < 4.78 is 0. The third-order valence-corrected chi connectivity index (χ3v) is 2.97. The Labute approximate surface area is 89.0 Å². The maximum atomic E-state index is 3.53. The minimum absolute atomic E-state index is 1.19. The highest BCUT2D eigenvalue weighted by molar-refractivity contribution is 5.07. The highest BCUT2D eigenvalue weighted by Crippen LogP contribution is 2.19. The summed E-state index contributed by atoms with van der Waals surface area (Å²) in [6.07, 6.45) is 13.3. The number of rotatable bonds is 8. The van der Waals surface area contributed by atoms with E-state index in [2.05, 4.69) is 18.3 Å². The van der Waals surface area contributed by atoms with E-state index in [1.54, 1.807) is 5.57 Å². The monoisotopic (exact) mass is 195 g/mol. The van der Waals surface area contributed by atoms with E-state index in [0.29, 0.717) is 0 Å². The van der Waals surface area contributed by atoms with Crippen LogP contribution < -0.4 is 5.32 Å². The molecule has 1 rings (SSSR count). The molecular weight excluding hydrogens is 170 g/mol. The quantitative estimate of drug-likeness (QED) is 0.460. The second-order valence-electron chi connectivity index (χ2n) is 4.32. The molecule has 0 aromatic rings. The van der Waals surface area contributed by atoms with Crippen LogP contribution >= 0.6 is 0 Å². The Morgan fingerprint density at radius 2 is 2.14 bits per heavy atom. The fourth-order valence-electron chi connectivity index (χ4n) is 2.02. The molecule has 1 heteroatoms. The molecule has 0 radical (unpaired) electrons. The van der Waals surface area contributed by atoms with Gasteiger partial charge in [0.2, 0.25) is 0 Å². The topological polar surface area (TPSA) is 12.0 Å². The second kappa shape index (κ2) is 8.05. The standard InChI is InChI=1S/C13H25N/c1-2-3-4-7-11-14-12-10-13-8-5-6-9-13/h8,14H,2-7,9-12H2,1H3. The van der Waals surface area contributed by atoms with E-state index in [1.165, 1.54) is 64.5 Å². The molecule has 82 valence electrons. The van der Waals surface area contributed by atoms with Crippen LogP contribution in [0.5, 0.6) is 0 Å². The van der Waals surface area contributed by atoms with Crippen molar-refractivity contribution < 1.29 is 0 Å². The average Bonchev–Trinajstić information content (AvgIpc) is 2.69. The van der Waals surface area contributed by atoms with Crippen molar-refractivity contribution >= 4 is 0 Å². The van der Waals surface area contributed by atoms with Crippen LogP contribution in [0.3, 0.4) is 0 Å². The van der Waals surface area contributed by atoms with Gasteiger partial charge in [0.1, 0.15) is 0 Å². The molecule has 0 aromatic heterocycles. The molecule has 1 N–H and O–H groups in total. The first-order valence-corrected chi connectivity index (χ1v) is 6.32. The van der Waals surface area contributed by atoms with E-state index >= 15 is 0 Å². The molecule has 1 aliphatic rings. The van der Waals surface area contributed by atoms with Crippen LogP contribution in [-0.2, 0) is 0 Å². The van der Waals surface area contributed by atoms with Crippen LogP contribution in [0.2, 0.25) is 0 Å². The SMILES string of the molecule is CCCCCCNCCC1=CCCC1. The molecule has 0 heterocycles. The minimum Gasteiger partial charge on any atom is -0.316 e. The summed E-state index contributed by atoms with van der Waals surface area (Å²) >= 11 is 0. The fraction of sp³-hybridized carbons (Fsp3) is 0.846. The molecule has 1 aliphatic carbocycles. The molecule has 0 aromatic carbocycles. The maximum absolute atomic E-state index is 3.53. The molecule has 1 nitrogen and oxygen atoms in total. The minimum atomic E-state index is 1.19. The van der Waals surface area contributed by atoms with Gasteiger partial charge in [0.25, 0.3) is 0 Å². The van der Waals surface area contributed by atoms with Crippen LogP contribution in [0, 0.1) is 0 Å². The van der Waals surface area contributed by atoms with E-state index < -0.39 is 0 Å². The Morgan fingerprint density at radius 1 is 1.21 bits per heavy atom. The zero-order chi connectivity index (χ0) is 10.1. The van der Waals surface area contributed by atoms with Gasteiger partial charge in [0.15, 0.2) is 0 Å². The molecule has 0 saturated heterocycles. The molecular formula is C13H25N. The lowest BCUT2D eigenvalue weighted by molar-refractivity contribution is 0.596. The summed E-state index contributed by atoms with van der Waals surface area (Å²) in [7, 11) is 0. The van der Waals surface area contributed by atoms with Gasteiger partial charge in [0, 0.05) is 0 Å². The van der Waals surface area contributed by atoms with Gasteiger partial charge < -0.3 is 5.32 Å². The summed E-state index contributed by atoms with van der Waals surface area (Å²) in [5, 5.41) is 3.53. The van der Waals surface area contributed by atoms with Crippen molar-refractivity contribution in [2.24, 2.45) is 0 Å². The van der Waals surface area contributed by atoms with Crippen LogP contribution in [0.25, 0.3) is 0 Å².